The van der Waals surface area contributed by atoms with E-state index in [0.29, 0.717) is 37.9 Å². The maximum absolute atomic E-state index is 12.5. The SMILES string of the molecule is NC(=O)C1CCN(C(=O)[C@@H]2Cc3ccccc3C(=O)O2)CC1. The molecule has 1 atom stereocenters. The Morgan fingerprint density at radius 2 is 1.86 bits per heavy atom. The Hall–Kier alpha value is -2.37. The molecular weight excluding hydrogens is 284 g/mol. The van der Waals surface area contributed by atoms with Gasteiger partial charge in [0.15, 0.2) is 6.10 Å². The van der Waals surface area contributed by atoms with Gasteiger partial charge in [0.1, 0.15) is 0 Å². The van der Waals surface area contributed by atoms with Gasteiger partial charge in [0.2, 0.25) is 5.91 Å². The Kier molecular flexibility index (Phi) is 3.83. The first-order valence-corrected chi connectivity index (χ1v) is 7.43. The molecule has 1 saturated heterocycles. The predicted octanol–water partition coefficient (Wildman–Crippen LogP) is 0.492. The lowest BCUT2D eigenvalue weighted by molar-refractivity contribution is -0.143. The second-order valence-corrected chi connectivity index (χ2v) is 5.76. The summed E-state index contributed by atoms with van der Waals surface area (Å²) in [4.78, 5) is 37.3. The number of hydrogen-bond donors (Lipinski definition) is 1. The molecule has 0 saturated carbocycles. The van der Waals surface area contributed by atoms with Crippen molar-refractivity contribution in [3.05, 3.63) is 35.4 Å². The normalized spacial score (nSPS) is 21.9. The molecule has 6 nitrogen and oxygen atoms in total. The largest absolute Gasteiger partial charge is 0.448 e. The average molecular weight is 302 g/mol. The van der Waals surface area contributed by atoms with E-state index in [0.717, 1.165) is 5.56 Å². The summed E-state index contributed by atoms with van der Waals surface area (Å²) >= 11 is 0. The van der Waals surface area contributed by atoms with Gasteiger partial charge in [-0.25, -0.2) is 4.79 Å². The third-order valence-electron chi connectivity index (χ3n) is 4.38. The molecule has 3 rings (SSSR count). The second-order valence-electron chi connectivity index (χ2n) is 5.76. The van der Waals surface area contributed by atoms with Gasteiger partial charge in [0.05, 0.1) is 5.56 Å². The summed E-state index contributed by atoms with van der Waals surface area (Å²) in [6, 6.07) is 7.17. The van der Waals surface area contributed by atoms with Gasteiger partial charge in [0, 0.05) is 25.4 Å². The van der Waals surface area contributed by atoms with Crippen LogP contribution in [0.25, 0.3) is 0 Å². The summed E-state index contributed by atoms with van der Waals surface area (Å²) in [6.07, 6.45) is 0.764. The molecule has 1 aromatic rings. The Labute approximate surface area is 128 Å². The van der Waals surface area contributed by atoms with Gasteiger partial charge in [-0.3, -0.25) is 9.59 Å². The molecule has 0 aliphatic carbocycles. The van der Waals surface area contributed by atoms with Crippen molar-refractivity contribution in [3.8, 4) is 0 Å². The monoisotopic (exact) mass is 302 g/mol. The number of amides is 2. The number of piperidine rings is 1. The fraction of sp³-hybridized carbons (Fsp3) is 0.438. The molecule has 0 aromatic heterocycles. The number of carbonyl (C=O) groups excluding carboxylic acids is 3. The van der Waals surface area contributed by atoms with Crippen molar-refractivity contribution in [3.63, 3.8) is 0 Å². The highest BCUT2D eigenvalue weighted by atomic mass is 16.5. The highest BCUT2D eigenvalue weighted by molar-refractivity contribution is 5.95. The van der Waals surface area contributed by atoms with Crippen molar-refractivity contribution >= 4 is 17.8 Å². The number of fused-ring (bicyclic) bond motifs is 1. The van der Waals surface area contributed by atoms with Crippen LogP contribution in [-0.2, 0) is 20.7 Å². The number of benzene rings is 1. The highest BCUT2D eigenvalue weighted by Gasteiger charge is 2.35. The average Bonchev–Trinajstić information content (AvgIpc) is 2.54. The lowest BCUT2D eigenvalue weighted by Crippen LogP contribution is -2.48. The van der Waals surface area contributed by atoms with Gasteiger partial charge < -0.3 is 15.4 Å². The van der Waals surface area contributed by atoms with Crippen LogP contribution < -0.4 is 5.73 Å². The van der Waals surface area contributed by atoms with Gasteiger partial charge in [-0.05, 0) is 24.5 Å². The molecule has 1 aromatic carbocycles. The Morgan fingerprint density at radius 3 is 2.55 bits per heavy atom. The zero-order valence-electron chi connectivity index (χ0n) is 12.2. The minimum Gasteiger partial charge on any atom is -0.448 e. The van der Waals surface area contributed by atoms with E-state index in [4.69, 9.17) is 10.5 Å². The number of likely N-dealkylation sites (tertiary alicyclic amines) is 1. The fourth-order valence-corrected chi connectivity index (χ4v) is 3.06. The van der Waals surface area contributed by atoms with E-state index >= 15 is 0 Å². The number of carbonyl (C=O) groups is 3. The van der Waals surface area contributed by atoms with Crippen molar-refractivity contribution in [1.29, 1.82) is 0 Å². The summed E-state index contributed by atoms with van der Waals surface area (Å²) < 4.78 is 5.28. The van der Waals surface area contributed by atoms with Crippen LogP contribution in [-0.4, -0.2) is 41.9 Å². The molecule has 0 spiro atoms. The first-order valence-electron chi connectivity index (χ1n) is 7.43. The van der Waals surface area contributed by atoms with E-state index in [2.05, 4.69) is 0 Å². The topological polar surface area (TPSA) is 89.7 Å². The summed E-state index contributed by atoms with van der Waals surface area (Å²) in [5.74, 6) is -1.12. The number of ether oxygens (including phenoxy) is 1. The number of nitrogens with two attached hydrogens (primary N) is 1. The van der Waals surface area contributed by atoms with E-state index in [1.807, 2.05) is 12.1 Å². The number of esters is 1. The molecule has 0 radical (unpaired) electrons. The first kappa shape index (κ1) is 14.6. The molecule has 0 unspecified atom stereocenters. The van der Waals surface area contributed by atoms with Crippen molar-refractivity contribution in [2.75, 3.05) is 13.1 Å². The van der Waals surface area contributed by atoms with E-state index in [1.165, 1.54) is 0 Å². The molecule has 6 heteroatoms. The third kappa shape index (κ3) is 2.68. The molecule has 2 heterocycles. The Balaban J connectivity index is 1.67. The maximum atomic E-state index is 12.5. The fourth-order valence-electron chi connectivity index (χ4n) is 3.06. The van der Waals surface area contributed by atoms with Gasteiger partial charge in [-0.2, -0.15) is 0 Å². The van der Waals surface area contributed by atoms with Crippen molar-refractivity contribution in [2.45, 2.75) is 25.4 Å². The summed E-state index contributed by atoms with van der Waals surface area (Å²) in [5, 5.41) is 0. The van der Waals surface area contributed by atoms with Crippen molar-refractivity contribution < 1.29 is 19.1 Å². The van der Waals surface area contributed by atoms with Crippen LogP contribution in [0.15, 0.2) is 24.3 Å². The van der Waals surface area contributed by atoms with Crippen molar-refractivity contribution in [1.82, 2.24) is 4.90 Å². The van der Waals surface area contributed by atoms with Gasteiger partial charge in [0.25, 0.3) is 5.91 Å². The van der Waals surface area contributed by atoms with Gasteiger partial charge >= 0.3 is 5.97 Å². The smallest absolute Gasteiger partial charge is 0.339 e. The summed E-state index contributed by atoms with van der Waals surface area (Å²) in [6.45, 7) is 0.949. The number of hydrogen-bond acceptors (Lipinski definition) is 4. The molecule has 1 fully saturated rings. The zero-order chi connectivity index (χ0) is 15.7. The molecule has 2 amide bonds. The number of rotatable bonds is 2. The minimum atomic E-state index is -0.771. The highest BCUT2D eigenvalue weighted by Crippen LogP contribution is 2.24. The maximum Gasteiger partial charge on any atom is 0.339 e. The molecule has 2 aliphatic heterocycles. The summed E-state index contributed by atoms with van der Waals surface area (Å²) in [5.41, 5.74) is 6.66. The third-order valence-corrected chi connectivity index (χ3v) is 4.38. The van der Waals surface area contributed by atoms with E-state index in [9.17, 15) is 14.4 Å². The molecule has 2 aliphatic rings. The predicted molar refractivity (Wildman–Crippen MR) is 77.8 cm³/mol. The number of primary amides is 1. The molecular formula is C16H18N2O4. The minimum absolute atomic E-state index is 0.168. The van der Waals surface area contributed by atoms with E-state index in [1.54, 1.807) is 17.0 Å². The Bertz CT molecular complexity index is 620. The van der Waals surface area contributed by atoms with Gasteiger partial charge in [-0.1, -0.05) is 18.2 Å². The lowest BCUT2D eigenvalue weighted by atomic mass is 9.94. The van der Waals surface area contributed by atoms with Crippen LogP contribution >= 0.6 is 0 Å². The van der Waals surface area contributed by atoms with Crippen LogP contribution in [0.5, 0.6) is 0 Å². The van der Waals surface area contributed by atoms with Crippen molar-refractivity contribution in [2.24, 2.45) is 11.7 Å². The van der Waals surface area contributed by atoms with E-state index in [-0.39, 0.29) is 17.7 Å². The van der Waals surface area contributed by atoms with Crippen LogP contribution in [0.3, 0.4) is 0 Å². The molecule has 2 N–H and O–H groups in total. The Morgan fingerprint density at radius 1 is 1.18 bits per heavy atom. The van der Waals surface area contributed by atoms with E-state index < -0.39 is 12.1 Å². The van der Waals surface area contributed by atoms with Gasteiger partial charge in [-0.15, -0.1) is 0 Å². The molecule has 0 bridgehead atoms. The first-order chi connectivity index (χ1) is 10.6. The standard InChI is InChI=1S/C16H18N2O4/c17-14(19)10-5-7-18(8-6-10)15(20)13-9-11-3-1-2-4-12(11)16(21)22-13/h1-4,10,13H,5-9H2,(H2,17,19)/t13-/m0/s1. The number of cyclic esters (lactones) is 1. The second kappa shape index (κ2) is 5.79. The quantitative estimate of drug-likeness (QED) is 0.805. The zero-order valence-corrected chi connectivity index (χ0v) is 12.2. The lowest BCUT2D eigenvalue weighted by Gasteiger charge is -2.34. The van der Waals surface area contributed by atoms with Crippen LogP contribution in [0.4, 0.5) is 0 Å². The van der Waals surface area contributed by atoms with Crippen LogP contribution in [0.1, 0.15) is 28.8 Å². The number of nitrogens with zero attached hydrogens (tertiary/aromatic N) is 1. The molecule has 22 heavy (non-hydrogen) atoms. The summed E-state index contributed by atoms with van der Waals surface area (Å²) in [7, 11) is 0. The van der Waals surface area contributed by atoms with Crippen LogP contribution in [0.2, 0.25) is 0 Å². The molecule has 116 valence electrons. The van der Waals surface area contributed by atoms with Crippen LogP contribution in [0, 0.1) is 5.92 Å².